The van der Waals surface area contributed by atoms with Crippen molar-refractivity contribution in [3.63, 3.8) is 0 Å². The molecule has 0 radical (unpaired) electrons. The van der Waals surface area contributed by atoms with Gasteiger partial charge in [0.2, 0.25) is 5.88 Å². The fourth-order valence-corrected chi connectivity index (χ4v) is 1.08. The number of hydrogen-bond donors (Lipinski definition) is 3. The molecule has 0 fully saturated rings. The summed E-state index contributed by atoms with van der Waals surface area (Å²) in [6.45, 7) is 6.56. The van der Waals surface area contributed by atoms with Gasteiger partial charge in [-0.25, -0.2) is 4.98 Å². The van der Waals surface area contributed by atoms with Crippen molar-refractivity contribution < 1.29 is 19.9 Å². The molecule has 0 bridgehead atoms. The first-order valence-electron chi connectivity index (χ1n) is 5.37. The van der Waals surface area contributed by atoms with Crippen molar-refractivity contribution in [2.24, 2.45) is 0 Å². The molecule has 1 aromatic rings. The molecule has 0 aliphatic carbocycles. The van der Waals surface area contributed by atoms with E-state index >= 15 is 0 Å². The molecule has 1 rings (SSSR count). The maximum atomic E-state index is 9.90. The van der Waals surface area contributed by atoms with E-state index in [1.165, 1.54) is 18.3 Å². The molecule has 0 saturated carbocycles. The Kier molecular flexibility index (Phi) is 3.81. The Labute approximate surface area is 101 Å². The molecule has 0 saturated heterocycles. The number of nitrogens with zero attached hydrogens (tertiary/aromatic N) is 1. The molecule has 94 valence electrons. The second kappa shape index (κ2) is 4.64. The second-order valence-corrected chi connectivity index (χ2v) is 4.99. The summed E-state index contributed by atoms with van der Waals surface area (Å²) in [6.07, 6.45) is 1.37. The second-order valence-electron chi connectivity index (χ2n) is 4.99. The van der Waals surface area contributed by atoms with E-state index in [0.29, 0.717) is 5.46 Å². The topological polar surface area (TPSA) is 82.8 Å². The predicted molar refractivity (Wildman–Crippen MR) is 65.0 cm³/mol. The van der Waals surface area contributed by atoms with Gasteiger partial charge in [-0.1, -0.05) is 0 Å². The Hall–Kier alpha value is -1.11. The van der Waals surface area contributed by atoms with Gasteiger partial charge in [0.25, 0.3) is 0 Å². The number of aliphatic hydroxyl groups is 1. The molecule has 0 unspecified atom stereocenters. The van der Waals surface area contributed by atoms with Gasteiger partial charge in [0, 0.05) is 6.20 Å². The van der Waals surface area contributed by atoms with Crippen molar-refractivity contribution in [3.8, 4) is 5.88 Å². The van der Waals surface area contributed by atoms with Crippen molar-refractivity contribution in [1.82, 2.24) is 4.98 Å². The molecule has 0 atom stereocenters. The zero-order valence-corrected chi connectivity index (χ0v) is 10.5. The van der Waals surface area contributed by atoms with Crippen LogP contribution in [0.1, 0.15) is 27.7 Å². The van der Waals surface area contributed by atoms with E-state index < -0.39 is 18.3 Å². The number of rotatable bonds is 4. The lowest BCUT2D eigenvalue weighted by Crippen LogP contribution is -2.53. The van der Waals surface area contributed by atoms with Crippen LogP contribution in [0.25, 0.3) is 0 Å². The molecule has 1 heterocycles. The highest BCUT2D eigenvalue weighted by molar-refractivity contribution is 6.60. The minimum atomic E-state index is -1.23. The Morgan fingerprint density at radius 3 is 2.35 bits per heavy atom. The maximum absolute atomic E-state index is 9.90. The van der Waals surface area contributed by atoms with Crippen LogP contribution in [-0.4, -0.2) is 38.5 Å². The van der Waals surface area contributed by atoms with E-state index in [2.05, 4.69) is 4.98 Å². The zero-order chi connectivity index (χ0) is 13.3. The summed E-state index contributed by atoms with van der Waals surface area (Å²) < 4.78 is 5.41. The third kappa shape index (κ3) is 3.42. The fourth-order valence-electron chi connectivity index (χ4n) is 1.08. The lowest BCUT2D eigenvalue weighted by atomic mass is 9.77. The third-order valence-corrected chi connectivity index (χ3v) is 2.93. The van der Waals surface area contributed by atoms with Gasteiger partial charge in [-0.2, -0.15) is 0 Å². The van der Waals surface area contributed by atoms with Crippen LogP contribution in [0.15, 0.2) is 18.3 Å². The average Bonchev–Trinajstić information content (AvgIpc) is 2.15. The first kappa shape index (κ1) is 14.0. The Morgan fingerprint density at radius 1 is 1.29 bits per heavy atom. The van der Waals surface area contributed by atoms with Crippen LogP contribution in [0, 0.1) is 0 Å². The van der Waals surface area contributed by atoms with Gasteiger partial charge in [-0.15, -0.1) is 0 Å². The molecule has 5 nitrogen and oxygen atoms in total. The third-order valence-electron chi connectivity index (χ3n) is 2.93. The van der Waals surface area contributed by atoms with Crippen LogP contribution < -0.4 is 5.46 Å². The van der Waals surface area contributed by atoms with E-state index in [1.807, 2.05) is 0 Å². The SMILES string of the molecule is CC(C)(O)C(C)(C)OB(O)c1ccnc(O)c1. The Morgan fingerprint density at radius 2 is 1.88 bits per heavy atom. The van der Waals surface area contributed by atoms with Gasteiger partial charge in [0.05, 0.1) is 11.2 Å². The molecule has 17 heavy (non-hydrogen) atoms. The average molecular weight is 239 g/mol. The molecular weight excluding hydrogens is 221 g/mol. The molecule has 6 heteroatoms. The molecular formula is C11H18BNO4. The Balaban J connectivity index is 2.83. The predicted octanol–water partition coefficient (Wildman–Crippen LogP) is 0.0408. The monoisotopic (exact) mass is 239 g/mol. The van der Waals surface area contributed by atoms with E-state index in [4.69, 9.17) is 4.65 Å². The number of aromatic nitrogens is 1. The van der Waals surface area contributed by atoms with Crippen LogP contribution >= 0.6 is 0 Å². The fraction of sp³-hybridized carbons (Fsp3) is 0.545. The minimum absolute atomic E-state index is 0.189. The summed E-state index contributed by atoms with van der Waals surface area (Å²) in [4.78, 5) is 3.61. The summed E-state index contributed by atoms with van der Waals surface area (Å²) >= 11 is 0. The van der Waals surface area contributed by atoms with Gasteiger partial charge in [-0.3, -0.25) is 0 Å². The van der Waals surface area contributed by atoms with E-state index in [9.17, 15) is 15.2 Å². The summed E-state index contributed by atoms with van der Waals surface area (Å²) in [6, 6.07) is 2.84. The molecule has 0 aromatic carbocycles. The molecule has 1 aromatic heterocycles. The minimum Gasteiger partial charge on any atom is -0.493 e. The van der Waals surface area contributed by atoms with Gasteiger partial charge >= 0.3 is 7.12 Å². The lowest BCUT2D eigenvalue weighted by molar-refractivity contribution is -0.0982. The quantitative estimate of drug-likeness (QED) is 0.646. The Bertz CT molecular complexity index is 389. The molecule has 0 spiro atoms. The van der Waals surface area contributed by atoms with Crippen molar-refractivity contribution in [3.05, 3.63) is 18.3 Å². The van der Waals surface area contributed by atoms with Crippen LogP contribution in [0.4, 0.5) is 0 Å². The van der Waals surface area contributed by atoms with Crippen LogP contribution in [-0.2, 0) is 4.65 Å². The van der Waals surface area contributed by atoms with Crippen molar-refractivity contribution >= 4 is 12.6 Å². The van der Waals surface area contributed by atoms with Gasteiger partial charge in [-0.05, 0) is 45.3 Å². The number of hydrogen-bond acceptors (Lipinski definition) is 5. The lowest BCUT2D eigenvalue weighted by Gasteiger charge is -2.38. The smallest absolute Gasteiger partial charge is 0.491 e. The number of aromatic hydroxyl groups is 1. The summed E-state index contributed by atoms with van der Waals surface area (Å²) in [5.74, 6) is -0.189. The van der Waals surface area contributed by atoms with Gasteiger partial charge < -0.3 is 19.9 Å². The van der Waals surface area contributed by atoms with Crippen molar-refractivity contribution in [2.45, 2.75) is 38.9 Å². The van der Waals surface area contributed by atoms with Crippen molar-refractivity contribution in [2.75, 3.05) is 0 Å². The van der Waals surface area contributed by atoms with Crippen LogP contribution in [0.3, 0.4) is 0 Å². The summed E-state index contributed by atoms with van der Waals surface area (Å²) in [7, 11) is -1.23. The highest BCUT2D eigenvalue weighted by atomic mass is 16.5. The maximum Gasteiger partial charge on any atom is 0.491 e. The summed E-state index contributed by atoms with van der Waals surface area (Å²) in [5, 5.41) is 29.0. The highest BCUT2D eigenvalue weighted by Crippen LogP contribution is 2.25. The molecule has 0 aliphatic heterocycles. The number of pyridine rings is 1. The first-order valence-corrected chi connectivity index (χ1v) is 5.37. The van der Waals surface area contributed by atoms with Crippen LogP contribution in [0.2, 0.25) is 0 Å². The van der Waals surface area contributed by atoms with E-state index in [-0.39, 0.29) is 5.88 Å². The largest absolute Gasteiger partial charge is 0.493 e. The van der Waals surface area contributed by atoms with Crippen molar-refractivity contribution in [1.29, 1.82) is 0 Å². The van der Waals surface area contributed by atoms with E-state index in [1.54, 1.807) is 27.7 Å². The first-order chi connectivity index (χ1) is 7.63. The van der Waals surface area contributed by atoms with Gasteiger partial charge in [0.15, 0.2) is 0 Å². The molecule has 0 aliphatic rings. The zero-order valence-electron chi connectivity index (χ0n) is 10.5. The van der Waals surface area contributed by atoms with Gasteiger partial charge in [0.1, 0.15) is 0 Å². The normalized spacial score (nSPS) is 12.6. The molecule has 3 N–H and O–H groups in total. The standard InChI is InChI=1S/C11H18BNO4/c1-10(2,15)11(3,4)17-12(16)8-5-6-13-9(14)7-8/h5-7,15-16H,1-4H3,(H,13,14). The van der Waals surface area contributed by atoms with Crippen LogP contribution in [0.5, 0.6) is 5.88 Å². The highest BCUT2D eigenvalue weighted by Gasteiger charge is 2.39. The summed E-state index contributed by atoms with van der Waals surface area (Å²) in [5.41, 5.74) is -1.66. The molecule has 0 amide bonds. The van der Waals surface area contributed by atoms with E-state index in [0.717, 1.165) is 0 Å².